The molecule has 33 heavy (non-hydrogen) atoms. The molecule has 7 nitrogen and oxygen atoms in total. The number of fused-ring (bicyclic) bond motifs is 3. The lowest BCUT2D eigenvalue weighted by Gasteiger charge is -2.11. The van der Waals surface area contributed by atoms with Gasteiger partial charge in [-0.15, -0.1) is 10.2 Å². The van der Waals surface area contributed by atoms with E-state index in [0.717, 1.165) is 28.3 Å². The Morgan fingerprint density at radius 2 is 1.64 bits per heavy atom. The van der Waals surface area contributed by atoms with Crippen molar-refractivity contribution in [3.8, 4) is 17.2 Å². The van der Waals surface area contributed by atoms with E-state index in [9.17, 15) is 4.79 Å². The van der Waals surface area contributed by atoms with E-state index in [4.69, 9.17) is 9.47 Å². The van der Waals surface area contributed by atoms with E-state index in [1.54, 1.807) is 11.7 Å². The highest BCUT2D eigenvalue weighted by Gasteiger charge is 2.17. The summed E-state index contributed by atoms with van der Waals surface area (Å²) in [5.74, 6) is 2.73. The van der Waals surface area contributed by atoms with Crippen molar-refractivity contribution in [3.05, 3.63) is 88.7 Å². The first-order chi connectivity index (χ1) is 16.2. The molecule has 166 valence electrons. The standard InChI is InChI=1S/C25H22N4O3S/c1-17-7-9-18(10-8-17)28-23(30)21-5-3-4-6-22(21)29-24(28)26-27-25(29)33-16-15-32-20-13-11-19(31-2)12-14-20/h3-14H,15-16H2,1-2H3. The number of aromatic nitrogens is 4. The summed E-state index contributed by atoms with van der Waals surface area (Å²) in [5, 5.41) is 10.1. The summed E-state index contributed by atoms with van der Waals surface area (Å²) in [7, 11) is 1.64. The van der Waals surface area contributed by atoms with Gasteiger partial charge in [-0.2, -0.15) is 0 Å². The van der Waals surface area contributed by atoms with Crippen molar-refractivity contribution in [2.75, 3.05) is 19.5 Å². The molecule has 0 atom stereocenters. The van der Waals surface area contributed by atoms with Crippen molar-refractivity contribution < 1.29 is 9.47 Å². The molecule has 5 rings (SSSR count). The summed E-state index contributed by atoms with van der Waals surface area (Å²) in [6.45, 7) is 2.52. The van der Waals surface area contributed by atoms with Crippen LogP contribution in [0.1, 0.15) is 5.56 Å². The minimum atomic E-state index is -0.117. The predicted octanol–water partition coefficient (Wildman–Crippen LogP) is 4.52. The molecule has 0 saturated carbocycles. The molecule has 2 heterocycles. The summed E-state index contributed by atoms with van der Waals surface area (Å²) in [6.07, 6.45) is 0. The van der Waals surface area contributed by atoms with Gasteiger partial charge in [0.1, 0.15) is 11.5 Å². The third kappa shape index (κ3) is 4.05. The molecule has 0 fully saturated rings. The first kappa shape index (κ1) is 21.1. The van der Waals surface area contributed by atoms with Gasteiger partial charge in [-0.3, -0.25) is 9.20 Å². The summed E-state index contributed by atoms with van der Waals surface area (Å²) >= 11 is 1.53. The molecule has 0 unspecified atom stereocenters. The van der Waals surface area contributed by atoms with Crippen LogP contribution in [0, 0.1) is 6.92 Å². The molecule has 0 aliphatic heterocycles. The Morgan fingerprint density at radius 3 is 2.39 bits per heavy atom. The number of aryl methyl sites for hydroxylation is 1. The number of para-hydroxylation sites is 1. The molecular weight excluding hydrogens is 436 g/mol. The number of hydrogen-bond acceptors (Lipinski definition) is 6. The third-order valence-corrected chi connectivity index (χ3v) is 6.22. The minimum absolute atomic E-state index is 0.117. The summed E-state index contributed by atoms with van der Waals surface area (Å²) < 4.78 is 14.6. The van der Waals surface area contributed by atoms with Crippen LogP contribution in [0.2, 0.25) is 0 Å². The van der Waals surface area contributed by atoms with Crippen LogP contribution in [0.5, 0.6) is 11.5 Å². The van der Waals surface area contributed by atoms with Crippen LogP contribution in [0.3, 0.4) is 0 Å². The quantitative estimate of drug-likeness (QED) is 0.264. The van der Waals surface area contributed by atoms with Crippen molar-refractivity contribution in [1.29, 1.82) is 0 Å². The largest absolute Gasteiger partial charge is 0.497 e. The fraction of sp³-hybridized carbons (Fsp3) is 0.160. The number of benzene rings is 3. The van der Waals surface area contributed by atoms with E-state index in [0.29, 0.717) is 28.7 Å². The number of thioether (sulfide) groups is 1. The monoisotopic (exact) mass is 458 g/mol. The van der Waals surface area contributed by atoms with Gasteiger partial charge in [-0.05, 0) is 55.5 Å². The highest BCUT2D eigenvalue weighted by molar-refractivity contribution is 7.99. The highest BCUT2D eigenvalue weighted by atomic mass is 32.2. The lowest BCUT2D eigenvalue weighted by atomic mass is 10.2. The normalized spacial score (nSPS) is 11.2. The van der Waals surface area contributed by atoms with Gasteiger partial charge in [0, 0.05) is 5.75 Å². The van der Waals surface area contributed by atoms with Crippen molar-refractivity contribution in [1.82, 2.24) is 19.2 Å². The van der Waals surface area contributed by atoms with Crippen LogP contribution < -0.4 is 15.0 Å². The zero-order valence-electron chi connectivity index (χ0n) is 18.3. The fourth-order valence-corrected chi connectivity index (χ4v) is 4.42. The number of methoxy groups -OCH3 is 1. The van der Waals surface area contributed by atoms with Gasteiger partial charge in [0.2, 0.25) is 5.78 Å². The molecule has 0 saturated heterocycles. The van der Waals surface area contributed by atoms with Crippen molar-refractivity contribution in [2.24, 2.45) is 0 Å². The number of nitrogens with zero attached hydrogens (tertiary/aromatic N) is 4. The second-order valence-electron chi connectivity index (χ2n) is 7.48. The fourth-order valence-electron chi connectivity index (χ4n) is 3.66. The molecule has 8 heteroatoms. The zero-order chi connectivity index (χ0) is 22.8. The number of ether oxygens (including phenoxy) is 2. The molecule has 5 aromatic rings. The smallest absolute Gasteiger partial charge is 0.267 e. The van der Waals surface area contributed by atoms with Gasteiger partial charge in [0.15, 0.2) is 5.16 Å². The molecule has 0 amide bonds. The molecule has 0 radical (unpaired) electrons. The van der Waals surface area contributed by atoms with Crippen LogP contribution in [0.4, 0.5) is 0 Å². The van der Waals surface area contributed by atoms with Crippen LogP contribution in [0.15, 0.2) is 82.7 Å². The van der Waals surface area contributed by atoms with Gasteiger partial charge in [-0.25, -0.2) is 4.57 Å². The Labute approximate surface area is 194 Å². The zero-order valence-corrected chi connectivity index (χ0v) is 19.1. The molecule has 2 aromatic heterocycles. The molecule has 0 spiro atoms. The summed E-state index contributed by atoms with van der Waals surface area (Å²) in [4.78, 5) is 13.3. The van der Waals surface area contributed by atoms with Crippen molar-refractivity contribution in [2.45, 2.75) is 12.1 Å². The second kappa shape index (κ2) is 8.99. The van der Waals surface area contributed by atoms with E-state index in [2.05, 4.69) is 10.2 Å². The first-order valence-electron chi connectivity index (χ1n) is 10.5. The third-order valence-electron chi connectivity index (χ3n) is 5.33. The Morgan fingerprint density at radius 1 is 0.909 bits per heavy atom. The number of hydrogen-bond donors (Lipinski definition) is 0. The Hall–Kier alpha value is -3.78. The SMILES string of the molecule is COc1ccc(OCCSc2nnc3n(-c4ccc(C)cc4)c(=O)c4ccccc4n23)cc1. The lowest BCUT2D eigenvalue weighted by Crippen LogP contribution is -2.21. The van der Waals surface area contributed by atoms with Crippen LogP contribution in [-0.2, 0) is 0 Å². The summed E-state index contributed by atoms with van der Waals surface area (Å²) in [6, 6.07) is 22.8. The van der Waals surface area contributed by atoms with Gasteiger partial charge >= 0.3 is 0 Å². The maximum atomic E-state index is 13.3. The van der Waals surface area contributed by atoms with Gasteiger partial charge in [-0.1, -0.05) is 41.6 Å². The molecule has 0 aliphatic carbocycles. The number of rotatable bonds is 7. The molecule has 0 bridgehead atoms. The molecular formula is C25H22N4O3S. The van der Waals surface area contributed by atoms with Gasteiger partial charge in [0.05, 0.1) is 30.3 Å². The molecule has 0 N–H and O–H groups in total. The van der Waals surface area contributed by atoms with E-state index in [-0.39, 0.29) is 5.56 Å². The van der Waals surface area contributed by atoms with Crippen LogP contribution in [0.25, 0.3) is 22.4 Å². The van der Waals surface area contributed by atoms with Crippen molar-refractivity contribution >= 4 is 28.4 Å². The maximum Gasteiger partial charge on any atom is 0.267 e. The second-order valence-corrected chi connectivity index (χ2v) is 8.55. The Balaban J connectivity index is 1.47. The highest BCUT2D eigenvalue weighted by Crippen LogP contribution is 2.24. The average molecular weight is 459 g/mol. The van der Waals surface area contributed by atoms with E-state index in [1.807, 2.05) is 84.1 Å². The average Bonchev–Trinajstić information content (AvgIpc) is 3.27. The predicted molar refractivity (Wildman–Crippen MR) is 130 cm³/mol. The van der Waals surface area contributed by atoms with E-state index in [1.165, 1.54) is 11.8 Å². The minimum Gasteiger partial charge on any atom is -0.497 e. The molecule has 0 aliphatic rings. The maximum absolute atomic E-state index is 13.3. The van der Waals surface area contributed by atoms with Crippen LogP contribution >= 0.6 is 11.8 Å². The Kier molecular flexibility index (Phi) is 5.75. The first-order valence-corrected chi connectivity index (χ1v) is 11.5. The van der Waals surface area contributed by atoms with Crippen LogP contribution in [-0.4, -0.2) is 38.6 Å². The van der Waals surface area contributed by atoms with Gasteiger partial charge in [0.25, 0.3) is 5.56 Å². The van der Waals surface area contributed by atoms with E-state index < -0.39 is 0 Å². The Bertz CT molecular complexity index is 1470. The summed E-state index contributed by atoms with van der Waals surface area (Å²) in [5.41, 5.74) is 2.55. The van der Waals surface area contributed by atoms with Gasteiger partial charge < -0.3 is 9.47 Å². The lowest BCUT2D eigenvalue weighted by molar-refractivity contribution is 0.342. The van der Waals surface area contributed by atoms with E-state index >= 15 is 0 Å². The topological polar surface area (TPSA) is 70.7 Å². The van der Waals surface area contributed by atoms with Crippen molar-refractivity contribution in [3.63, 3.8) is 0 Å². The molecule has 3 aromatic carbocycles.